The Kier molecular flexibility index (Phi) is 6.81. The fraction of sp³-hybridized carbons (Fsp3) is 0.167. The fourth-order valence-corrected chi connectivity index (χ4v) is 4.43. The molecule has 5 rings (SSSR count). The summed E-state index contributed by atoms with van der Waals surface area (Å²) in [6.07, 6.45) is 4.96. The topological polar surface area (TPSA) is 117 Å². The summed E-state index contributed by atoms with van der Waals surface area (Å²) in [7, 11) is 1.37. The minimum atomic E-state index is -1.34. The van der Waals surface area contributed by atoms with E-state index >= 15 is 0 Å². The van der Waals surface area contributed by atoms with E-state index in [2.05, 4.69) is 15.0 Å². The van der Waals surface area contributed by atoms with E-state index in [1.54, 1.807) is 31.5 Å². The molecular formula is C30H27N3O5. The number of aliphatic hydroxyl groups is 1. The number of hydrogen-bond acceptors (Lipinski definition) is 6. The van der Waals surface area contributed by atoms with E-state index in [0.29, 0.717) is 40.6 Å². The van der Waals surface area contributed by atoms with Gasteiger partial charge in [0, 0.05) is 29.1 Å². The minimum Gasteiger partial charge on any atom is -0.469 e. The van der Waals surface area contributed by atoms with Crippen molar-refractivity contribution in [3.63, 3.8) is 0 Å². The van der Waals surface area contributed by atoms with Crippen molar-refractivity contribution >= 4 is 23.2 Å². The van der Waals surface area contributed by atoms with Gasteiger partial charge in [-0.2, -0.15) is 0 Å². The van der Waals surface area contributed by atoms with Gasteiger partial charge in [0.2, 0.25) is 0 Å². The number of aldehydes is 1. The Morgan fingerprint density at radius 2 is 1.95 bits per heavy atom. The molecule has 8 nitrogen and oxygen atoms in total. The zero-order valence-electron chi connectivity index (χ0n) is 21.0. The predicted molar refractivity (Wildman–Crippen MR) is 143 cm³/mol. The lowest BCUT2D eigenvalue weighted by Gasteiger charge is -2.23. The number of rotatable bonds is 9. The molecule has 0 bridgehead atoms. The van der Waals surface area contributed by atoms with Gasteiger partial charge in [-0.15, -0.1) is 0 Å². The van der Waals surface area contributed by atoms with Gasteiger partial charge >= 0.3 is 5.97 Å². The maximum absolute atomic E-state index is 11.8. The number of methoxy groups -OCH3 is 1. The average Bonchev–Trinajstić information content (AvgIpc) is 3.63. The molecule has 0 spiro atoms. The van der Waals surface area contributed by atoms with Crippen LogP contribution in [0.5, 0.6) is 11.5 Å². The van der Waals surface area contributed by atoms with Crippen LogP contribution in [0.3, 0.4) is 0 Å². The van der Waals surface area contributed by atoms with Crippen LogP contribution in [0.15, 0.2) is 79.1 Å². The number of aromatic amines is 2. The Morgan fingerprint density at radius 1 is 1.11 bits per heavy atom. The number of nitrogens with zero attached hydrogens (tertiary/aromatic N) is 1. The third-order valence-electron chi connectivity index (χ3n) is 6.62. The van der Waals surface area contributed by atoms with E-state index in [0.717, 1.165) is 28.3 Å². The first-order valence-electron chi connectivity index (χ1n) is 12.2. The Hall–Kier alpha value is -4.69. The molecule has 0 aliphatic carbocycles. The molecule has 2 aromatic heterocycles. The van der Waals surface area contributed by atoms with Crippen LogP contribution < -0.4 is 4.74 Å². The molecule has 2 heterocycles. The van der Waals surface area contributed by atoms with E-state index in [1.807, 2.05) is 54.6 Å². The summed E-state index contributed by atoms with van der Waals surface area (Å²) in [5, 5.41) is 12.2. The van der Waals surface area contributed by atoms with Crippen molar-refractivity contribution in [2.75, 3.05) is 7.11 Å². The molecule has 0 radical (unpaired) electrons. The van der Waals surface area contributed by atoms with E-state index in [9.17, 15) is 14.7 Å². The third-order valence-corrected chi connectivity index (χ3v) is 6.62. The monoisotopic (exact) mass is 509 g/mol. The average molecular weight is 510 g/mol. The molecule has 38 heavy (non-hydrogen) atoms. The first-order valence-corrected chi connectivity index (χ1v) is 12.2. The van der Waals surface area contributed by atoms with Crippen molar-refractivity contribution in [3.05, 3.63) is 102 Å². The molecule has 3 N–H and O–H groups in total. The molecule has 0 saturated heterocycles. The van der Waals surface area contributed by atoms with Crippen molar-refractivity contribution in [1.82, 2.24) is 15.0 Å². The third kappa shape index (κ3) is 4.94. The summed E-state index contributed by atoms with van der Waals surface area (Å²) in [6, 6.07) is 20.3. The highest BCUT2D eigenvalue weighted by atomic mass is 16.5. The number of hydrogen-bond donors (Lipinski definition) is 3. The van der Waals surface area contributed by atoms with Crippen LogP contribution in [0.4, 0.5) is 0 Å². The number of nitrogens with one attached hydrogen (secondary N) is 2. The van der Waals surface area contributed by atoms with Gasteiger partial charge in [0.1, 0.15) is 22.9 Å². The first-order chi connectivity index (χ1) is 18.4. The maximum Gasteiger partial charge on any atom is 0.305 e. The predicted octanol–water partition coefficient (Wildman–Crippen LogP) is 5.52. The summed E-state index contributed by atoms with van der Waals surface area (Å²) in [6.45, 7) is 1.70. The molecule has 1 atom stereocenters. The lowest BCUT2D eigenvalue weighted by atomic mass is 9.91. The number of ether oxygens (including phenoxy) is 2. The lowest BCUT2D eigenvalue weighted by molar-refractivity contribution is -0.140. The number of H-pyrrole nitrogens is 2. The summed E-state index contributed by atoms with van der Waals surface area (Å²) in [5.74, 6) is 1.28. The van der Waals surface area contributed by atoms with Crippen LogP contribution in [0.1, 0.15) is 40.5 Å². The standard InChI is InChI=1S/C30H27N3O5/c1-30(36,21-7-3-5-19(15-21)9-12-28(35)37-2)27-17-32-29(33-27)20-6-4-8-22(16-20)38-26-11-10-25-23(13-14-31-25)24(26)18-34/h3-8,10-11,13-18,31,36H,9,12H2,1-2H3,(H,32,33). The van der Waals surface area contributed by atoms with Gasteiger partial charge in [-0.3, -0.25) is 9.59 Å². The van der Waals surface area contributed by atoms with Crippen molar-refractivity contribution < 1.29 is 24.2 Å². The zero-order valence-corrected chi connectivity index (χ0v) is 21.0. The Balaban J connectivity index is 1.38. The molecular weight excluding hydrogens is 482 g/mol. The molecule has 192 valence electrons. The molecule has 0 saturated carbocycles. The number of aryl methyl sites for hydroxylation is 1. The summed E-state index contributed by atoms with van der Waals surface area (Å²) in [5.41, 5.74) is 2.86. The Bertz CT molecular complexity index is 1620. The van der Waals surface area contributed by atoms with E-state index in [-0.39, 0.29) is 12.4 Å². The number of carbonyl (C=O) groups is 2. The molecule has 3 aromatic carbocycles. The van der Waals surface area contributed by atoms with Crippen LogP contribution >= 0.6 is 0 Å². The zero-order chi connectivity index (χ0) is 26.7. The maximum atomic E-state index is 11.8. The highest BCUT2D eigenvalue weighted by Crippen LogP contribution is 2.33. The molecule has 0 aliphatic rings. The number of esters is 1. The van der Waals surface area contributed by atoms with E-state index in [4.69, 9.17) is 9.47 Å². The van der Waals surface area contributed by atoms with Gasteiger partial charge in [-0.1, -0.05) is 36.4 Å². The van der Waals surface area contributed by atoms with Gasteiger partial charge in [0.25, 0.3) is 0 Å². The number of benzene rings is 3. The SMILES string of the molecule is COC(=O)CCc1cccc(C(C)(O)c2cnc(-c3cccc(Oc4ccc5[nH]ccc5c4C=O)c3)[nH]2)c1. The molecule has 1 unspecified atom stereocenters. The largest absolute Gasteiger partial charge is 0.469 e. The highest BCUT2D eigenvalue weighted by Gasteiger charge is 2.28. The Morgan fingerprint density at radius 3 is 2.76 bits per heavy atom. The number of aromatic nitrogens is 3. The number of fused-ring (bicyclic) bond motifs is 1. The normalized spacial score (nSPS) is 12.7. The highest BCUT2D eigenvalue weighted by molar-refractivity contribution is 5.99. The van der Waals surface area contributed by atoms with Crippen LogP contribution in [0, 0.1) is 0 Å². The van der Waals surface area contributed by atoms with Crippen molar-refractivity contribution in [2.45, 2.75) is 25.4 Å². The smallest absolute Gasteiger partial charge is 0.305 e. The van der Waals surface area contributed by atoms with Crippen molar-refractivity contribution in [3.8, 4) is 22.9 Å². The van der Waals surface area contributed by atoms with Crippen LogP contribution in [0.25, 0.3) is 22.3 Å². The van der Waals surface area contributed by atoms with Gasteiger partial charge in [-0.05, 0) is 54.8 Å². The minimum absolute atomic E-state index is 0.266. The Labute approximate surface area is 219 Å². The second-order valence-electron chi connectivity index (χ2n) is 9.16. The molecule has 0 amide bonds. The summed E-state index contributed by atoms with van der Waals surface area (Å²) >= 11 is 0. The first kappa shape index (κ1) is 25.0. The van der Waals surface area contributed by atoms with Crippen LogP contribution in [-0.4, -0.2) is 39.4 Å². The van der Waals surface area contributed by atoms with E-state index < -0.39 is 5.60 Å². The van der Waals surface area contributed by atoms with Gasteiger partial charge in [0.15, 0.2) is 6.29 Å². The second-order valence-corrected chi connectivity index (χ2v) is 9.16. The lowest BCUT2D eigenvalue weighted by Crippen LogP contribution is -2.23. The fourth-order valence-electron chi connectivity index (χ4n) is 4.43. The van der Waals surface area contributed by atoms with Gasteiger partial charge < -0.3 is 24.5 Å². The molecule has 8 heteroatoms. The summed E-state index contributed by atoms with van der Waals surface area (Å²) in [4.78, 5) is 34.1. The number of imidazole rings is 1. The van der Waals surface area contributed by atoms with E-state index in [1.165, 1.54) is 7.11 Å². The molecule has 0 fully saturated rings. The van der Waals surface area contributed by atoms with Crippen molar-refractivity contribution in [1.29, 1.82) is 0 Å². The molecule has 5 aromatic rings. The quantitative estimate of drug-likeness (QED) is 0.178. The van der Waals surface area contributed by atoms with Gasteiger partial charge in [-0.25, -0.2) is 4.98 Å². The number of carbonyl (C=O) groups excluding carboxylic acids is 2. The summed E-state index contributed by atoms with van der Waals surface area (Å²) < 4.78 is 10.8. The second kappa shape index (κ2) is 10.4. The van der Waals surface area contributed by atoms with Crippen molar-refractivity contribution in [2.24, 2.45) is 0 Å². The van der Waals surface area contributed by atoms with Crippen LogP contribution in [-0.2, 0) is 21.6 Å². The molecule has 0 aliphatic heterocycles. The van der Waals surface area contributed by atoms with Gasteiger partial charge in [0.05, 0.1) is 24.6 Å². The van der Waals surface area contributed by atoms with Crippen LogP contribution in [0.2, 0.25) is 0 Å².